The Labute approximate surface area is 131 Å². The van der Waals surface area contributed by atoms with Gasteiger partial charge in [-0.3, -0.25) is 4.79 Å². The third-order valence-electron chi connectivity index (χ3n) is 3.99. The molecule has 2 aromatic rings. The van der Waals surface area contributed by atoms with Crippen LogP contribution in [-0.4, -0.2) is 11.5 Å². The summed E-state index contributed by atoms with van der Waals surface area (Å²) < 4.78 is 0. The van der Waals surface area contributed by atoms with Crippen LogP contribution in [0.1, 0.15) is 38.2 Å². The van der Waals surface area contributed by atoms with Crippen molar-refractivity contribution in [1.29, 1.82) is 0 Å². The first kappa shape index (κ1) is 15.8. The van der Waals surface area contributed by atoms with Crippen molar-refractivity contribution in [3.63, 3.8) is 0 Å². The van der Waals surface area contributed by atoms with Crippen molar-refractivity contribution in [3.8, 4) is 0 Å². The molecule has 0 heterocycles. The van der Waals surface area contributed by atoms with Crippen molar-refractivity contribution >= 4 is 17.5 Å². The summed E-state index contributed by atoms with van der Waals surface area (Å²) in [6.45, 7) is 10.4. The highest BCUT2D eigenvalue weighted by molar-refractivity contribution is 8.00. The van der Waals surface area contributed by atoms with Gasteiger partial charge in [-0.25, -0.2) is 0 Å². The van der Waals surface area contributed by atoms with Crippen LogP contribution in [-0.2, 0) is 0 Å². The SMILES string of the molecule is Cc1ccc(SCC(=O)c2cc(C)c(C)cc2C)cc1C. The highest BCUT2D eigenvalue weighted by Gasteiger charge is 2.11. The van der Waals surface area contributed by atoms with Crippen molar-refractivity contribution in [1.82, 2.24) is 0 Å². The van der Waals surface area contributed by atoms with E-state index in [9.17, 15) is 4.79 Å². The normalized spacial score (nSPS) is 10.7. The van der Waals surface area contributed by atoms with E-state index in [1.54, 1.807) is 11.8 Å². The summed E-state index contributed by atoms with van der Waals surface area (Å²) in [5.74, 6) is 0.699. The number of carbonyl (C=O) groups is 1. The van der Waals surface area contributed by atoms with Crippen molar-refractivity contribution in [2.24, 2.45) is 0 Å². The molecule has 0 saturated heterocycles. The maximum Gasteiger partial charge on any atom is 0.173 e. The first-order valence-corrected chi connectivity index (χ1v) is 8.18. The molecule has 0 spiro atoms. The van der Waals surface area contributed by atoms with E-state index in [1.807, 2.05) is 13.0 Å². The smallest absolute Gasteiger partial charge is 0.173 e. The molecule has 0 aliphatic rings. The predicted octanol–water partition coefficient (Wildman–Crippen LogP) is 5.20. The molecule has 21 heavy (non-hydrogen) atoms. The van der Waals surface area contributed by atoms with E-state index in [2.05, 4.69) is 52.0 Å². The van der Waals surface area contributed by atoms with Gasteiger partial charge in [0.2, 0.25) is 0 Å². The largest absolute Gasteiger partial charge is 0.293 e. The summed E-state index contributed by atoms with van der Waals surface area (Å²) in [5.41, 5.74) is 6.91. The average molecular weight is 298 g/mol. The lowest BCUT2D eigenvalue weighted by molar-refractivity contribution is 0.102. The van der Waals surface area contributed by atoms with Gasteiger partial charge in [0.1, 0.15) is 0 Å². The minimum Gasteiger partial charge on any atom is -0.293 e. The van der Waals surface area contributed by atoms with Crippen molar-refractivity contribution in [3.05, 3.63) is 63.7 Å². The second kappa shape index (κ2) is 6.48. The van der Waals surface area contributed by atoms with Gasteiger partial charge in [-0.15, -0.1) is 11.8 Å². The fourth-order valence-electron chi connectivity index (χ4n) is 2.29. The first-order valence-electron chi connectivity index (χ1n) is 7.19. The van der Waals surface area contributed by atoms with Crippen LogP contribution < -0.4 is 0 Å². The molecular weight excluding hydrogens is 276 g/mol. The van der Waals surface area contributed by atoms with E-state index >= 15 is 0 Å². The highest BCUT2D eigenvalue weighted by Crippen LogP contribution is 2.23. The van der Waals surface area contributed by atoms with Crippen LogP contribution >= 0.6 is 11.8 Å². The fourth-order valence-corrected chi connectivity index (χ4v) is 3.17. The van der Waals surface area contributed by atoms with E-state index in [0.717, 1.165) is 16.0 Å². The third kappa shape index (κ3) is 3.76. The molecule has 0 aromatic heterocycles. The van der Waals surface area contributed by atoms with Gasteiger partial charge in [0.05, 0.1) is 5.75 Å². The molecule has 0 bridgehead atoms. The number of thioether (sulfide) groups is 1. The minimum atomic E-state index is 0.207. The van der Waals surface area contributed by atoms with E-state index in [0.29, 0.717) is 5.75 Å². The molecule has 2 aromatic carbocycles. The summed E-state index contributed by atoms with van der Waals surface area (Å²) in [6, 6.07) is 10.5. The Morgan fingerprint density at radius 2 is 1.43 bits per heavy atom. The molecule has 0 amide bonds. The zero-order valence-corrected chi connectivity index (χ0v) is 14.2. The number of rotatable bonds is 4. The van der Waals surface area contributed by atoms with Crippen LogP contribution in [0.3, 0.4) is 0 Å². The molecular formula is C19H22OS. The second-order valence-corrected chi connectivity index (χ2v) is 6.76. The standard InChI is InChI=1S/C19H22OS/c1-12-6-7-17(9-14(12)3)21-11-19(20)18-10-15(4)13(2)8-16(18)5/h6-10H,11H2,1-5H3. The number of hydrogen-bond donors (Lipinski definition) is 0. The Morgan fingerprint density at radius 3 is 2.10 bits per heavy atom. The Morgan fingerprint density at radius 1 is 0.810 bits per heavy atom. The Balaban J connectivity index is 2.11. The Kier molecular flexibility index (Phi) is 4.89. The monoisotopic (exact) mass is 298 g/mol. The second-order valence-electron chi connectivity index (χ2n) is 5.71. The lowest BCUT2D eigenvalue weighted by Gasteiger charge is -2.09. The molecule has 2 heteroatoms. The van der Waals surface area contributed by atoms with Crippen LogP contribution in [0.5, 0.6) is 0 Å². The zero-order valence-electron chi connectivity index (χ0n) is 13.4. The van der Waals surface area contributed by atoms with Gasteiger partial charge in [-0.05, 0) is 80.6 Å². The van der Waals surface area contributed by atoms with Crippen molar-refractivity contribution < 1.29 is 4.79 Å². The number of carbonyl (C=O) groups excluding carboxylic acids is 1. The van der Waals surface area contributed by atoms with Crippen LogP contribution in [0, 0.1) is 34.6 Å². The Bertz CT molecular complexity index is 686. The van der Waals surface area contributed by atoms with Crippen LogP contribution in [0.2, 0.25) is 0 Å². The summed E-state index contributed by atoms with van der Waals surface area (Å²) in [5, 5.41) is 0. The molecule has 0 atom stereocenters. The van der Waals surface area contributed by atoms with Crippen molar-refractivity contribution in [2.75, 3.05) is 5.75 Å². The summed E-state index contributed by atoms with van der Waals surface area (Å²) in [6.07, 6.45) is 0. The average Bonchev–Trinajstić information content (AvgIpc) is 2.44. The van der Waals surface area contributed by atoms with Crippen LogP contribution in [0.15, 0.2) is 35.2 Å². The maximum atomic E-state index is 12.4. The van der Waals surface area contributed by atoms with Crippen LogP contribution in [0.4, 0.5) is 0 Å². The fraction of sp³-hybridized carbons (Fsp3) is 0.316. The van der Waals surface area contributed by atoms with Gasteiger partial charge in [0, 0.05) is 10.5 Å². The molecule has 0 aliphatic carbocycles. The molecule has 110 valence electrons. The molecule has 0 saturated carbocycles. The zero-order chi connectivity index (χ0) is 15.6. The van der Waals surface area contributed by atoms with Gasteiger partial charge >= 0.3 is 0 Å². The summed E-state index contributed by atoms with van der Waals surface area (Å²) >= 11 is 1.62. The number of aryl methyl sites for hydroxylation is 5. The molecule has 0 aliphatic heterocycles. The highest BCUT2D eigenvalue weighted by atomic mass is 32.2. The quantitative estimate of drug-likeness (QED) is 0.570. The van der Waals surface area contributed by atoms with E-state index in [-0.39, 0.29) is 5.78 Å². The molecule has 2 rings (SSSR count). The van der Waals surface area contributed by atoms with E-state index < -0.39 is 0 Å². The van der Waals surface area contributed by atoms with Gasteiger partial charge in [-0.2, -0.15) is 0 Å². The summed E-state index contributed by atoms with van der Waals surface area (Å²) in [4.78, 5) is 13.6. The predicted molar refractivity (Wildman–Crippen MR) is 91.6 cm³/mol. The van der Waals surface area contributed by atoms with Gasteiger partial charge in [-0.1, -0.05) is 12.1 Å². The molecule has 0 fully saturated rings. The number of hydrogen-bond acceptors (Lipinski definition) is 2. The van der Waals surface area contributed by atoms with Gasteiger partial charge in [0.15, 0.2) is 5.78 Å². The Hall–Kier alpha value is -1.54. The van der Waals surface area contributed by atoms with Gasteiger partial charge < -0.3 is 0 Å². The minimum absolute atomic E-state index is 0.207. The number of Topliss-reactive ketones (excluding diaryl/α,β-unsaturated/α-hetero) is 1. The molecule has 0 N–H and O–H groups in total. The van der Waals surface area contributed by atoms with E-state index in [4.69, 9.17) is 0 Å². The van der Waals surface area contributed by atoms with Gasteiger partial charge in [0.25, 0.3) is 0 Å². The summed E-state index contributed by atoms with van der Waals surface area (Å²) in [7, 11) is 0. The lowest BCUT2D eigenvalue weighted by Crippen LogP contribution is -2.06. The molecule has 0 radical (unpaired) electrons. The first-order chi connectivity index (χ1) is 9.88. The number of ketones is 1. The molecule has 0 unspecified atom stereocenters. The maximum absolute atomic E-state index is 12.4. The van der Waals surface area contributed by atoms with Crippen molar-refractivity contribution in [2.45, 2.75) is 39.5 Å². The number of benzene rings is 2. The van der Waals surface area contributed by atoms with E-state index in [1.165, 1.54) is 22.3 Å². The lowest BCUT2D eigenvalue weighted by atomic mass is 9.99. The molecule has 1 nitrogen and oxygen atoms in total. The third-order valence-corrected chi connectivity index (χ3v) is 4.98. The topological polar surface area (TPSA) is 17.1 Å². The van der Waals surface area contributed by atoms with Crippen LogP contribution in [0.25, 0.3) is 0 Å².